The minimum Gasteiger partial charge on any atom is -0.316 e. The van der Waals surface area contributed by atoms with Crippen molar-refractivity contribution in [1.82, 2.24) is 5.32 Å². The number of nitrogens with one attached hydrogen (secondary N) is 1. The molecule has 1 nitrogen and oxygen atoms in total. The molecule has 0 saturated heterocycles. The first-order valence-electron chi connectivity index (χ1n) is 5.50. The summed E-state index contributed by atoms with van der Waals surface area (Å²) in [5, 5.41) is 3.28. The molecule has 0 heterocycles. The molecule has 0 radical (unpaired) electrons. The van der Waals surface area contributed by atoms with Gasteiger partial charge in [0, 0.05) is 12.1 Å². The highest BCUT2D eigenvalue weighted by molar-refractivity contribution is 6.33. The number of hydrogen-bond donors (Lipinski definition) is 1. The highest BCUT2D eigenvalue weighted by Crippen LogP contribution is 2.31. The molecule has 18 heavy (non-hydrogen) atoms. The molecule has 0 aromatic heterocycles. The van der Waals surface area contributed by atoms with E-state index in [1.165, 1.54) is 24.3 Å². The summed E-state index contributed by atoms with van der Waals surface area (Å²) in [4.78, 5) is 0. The van der Waals surface area contributed by atoms with Gasteiger partial charge in [0.2, 0.25) is 0 Å². The third-order valence-corrected chi connectivity index (χ3v) is 2.97. The van der Waals surface area contributed by atoms with E-state index in [4.69, 9.17) is 11.6 Å². The van der Waals surface area contributed by atoms with E-state index in [2.05, 4.69) is 5.32 Å². The van der Waals surface area contributed by atoms with Gasteiger partial charge in [-0.1, -0.05) is 17.7 Å². The Morgan fingerprint density at radius 3 is 2.33 bits per heavy atom. The standard InChI is InChI=1S/C14H12ClF2N/c1-18-8-9-2-3-10(16)6-13(9)12-5-4-11(17)7-14(12)15/h2-7,18H,8H2,1H3. The van der Waals surface area contributed by atoms with Gasteiger partial charge >= 0.3 is 0 Å². The molecular formula is C14H12ClF2N. The van der Waals surface area contributed by atoms with Gasteiger partial charge in [0.05, 0.1) is 5.02 Å². The van der Waals surface area contributed by atoms with E-state index >= 15 is 0 Å². The second-order valence-electron chi connectivity index (χ2n) is 3.96. The summed E-state index contributed by atoms with van der Waals surface area (Å²) < 4.78 is 26.4. The van der Waals surface area contributed by atoms with Crippen LogP contribution in [-0.2, 0) is 6.54 Å². The first-order valence-corrected chi connectivity index (χ1v) is 5.88. The molecule has 0 aliphatic rings. The summed E-state index contributed by atoms with van der Waals surface area (Å²) in [7, 11) is 1.80. The molecule has 0 aliphatic heterocycles. The van der Waals surface area contributed by atoms with E-state index < -0.39 is 5.82 Å². The highest BCUT2D eigenvalue weighted by atomic mass is 35.5. The Morgan fingerprint density at radius 1 is 1.00 bits per heavy atom. The number of halogens is 3. The van der Waals surface area contributed by atoms with Crippen molar-refractivity contribution in [3.05, 3.63) is 58.6 Å². The Hall–Kier alpha value is -1.45. The van der Waals surface area contributed by atoms with E-state index in [1.807, 2.05) is 0 Å². The molecule has 2 aromatic carbocycles. The van der Waals surface area contributed by atoms with Crippen molar-refractivity contribution in [2.45, 2.75) is 6.54 Å². The zero-order valence-electron chi connectivity index (χ0n) is 9.81. The molecule has 0 amide bonds. The summed E-state index contributed by atoms with van der Waals surface area (Å²) in [6.45, 7) is 0.587. The van der Waals surface area contributed by atoms with Gasteiger partial charge in [-0.05, 0) is 48.5 Å². The summed E-state index contributed by atoms with van der Waals surface area (Å²) >= 11 is 6.01. The molecule has 0 unspecified atom stereocenters. The second-order valence-corrected chi connectivity index (χ2v) is 4.36. The SMILES string of the molecule is CNCc1ccc(F)cc1-c1ccc(F)cc1Cl. The molecule has 0 fully saturated rings. The molecule has 0 atom stereocenters. The summed E-state index contributed by atoms with van der Waals surface area (Å²) in [6.07, 6.45) is 0. The van der Waals surface area contributed by atoms with Crippen LogP contribution < -0.4 is 5.32 Å². The lowest BCUT2D eigenvalue weighted by molar-refractivity contribution is 0.626. The van der Waals surface area contributed by atoms with Crippen LogP contribution in [0, 0.1) is 11.6 Å². The molecule has 2 rings (SSSR count). The van der Waals surface area contributed by atoms with Gasteiger partial charge < -0.3 is 5.32 Å². The topological polar surface area (TPSA) is 12.0 Å². The molecule has 0 bridgehead atoms. The van der Waals surface area contributed by atoms with Crippen molar-refractivity contribution in [2.24, 2.45) is 0 Å². The minimum absolute atomic E-state index is 0.276. The Balaban J connectivity index is 2.57. The van der Waals surface area contributed by atoms with E-state index in [0.29, 0.717) is 17.7 Å². The van der Waals surface area contributed by atoms with Crippen LogP contribution in [0.25, 0.3) is 11.1 Å². The molecule has 4 heteroatoms. The van der Waals surface area contributed by atoms with Crippen LogP contribution in [0.2, 0.25) is 5.02 Å². The van der Waals surface area contributed by atoms with Crippen molar-refractivity contribution in [2.75, 3.05) is 7.05 Å². The maximum Gasteiger partial charge on any atom is 0.124 e. The van der Waals surface area contributed by atoms with Crippen molar-refractivity contribution in [1.29, 1.82) is 0 Å². The van der Waals surface area contributed by atoms with E-state index in [-0.39, 0.29) is 10.8 Å². The van der Waals surface area contributed by atoms with E-state index in [9.17, 15) is 8.78 Å². The third-order valence-electron chi connectivity index (χ3n) is 2.66. The highest BCUT2D eigenvalue weighted by Gasteiger charge is 2.10. The fourth-order valence-corrected chi connectivity index (χ4v) is 2.12. The Morgan fingerprint density at radius 2 is 1.67 bits per heavy atom. The van der Waals surface area contributed by atoms with E-state index in [1.54, 1.807) is 19.2 Å². The average molecular weight is 268 g/mol. The molecule has 2 aromatic rings. The molecule has 0 aliphatic carbocycles. The normalized spacial score (nSPS) is 10.7. The van der Waals surface area contributed by atoms with Crippen LogP contribution in [0.1, 0.15) is 5.56 Å². The lowest BCUT2D eigenvalue weighted by atomic mass is 9.99. The van der Waals surface area contributed by atoms with Gasteiger partial charge in [0.25, 0.3) is 0 Å². The minimum atomic E-state index is -0.407. The predicted molar refractivity (Wildman–Crippen MR) is 69.6 cm³/mol. The monoisotopic (exact) mass is 267 g/mol. The van der Waals surface area contributed by atoms with Crippen molar-refractivity contribution in [3.8, 4) is 11.1 Å². The first kappa shape index (κ1) is 13.0. The zero-order chi connectivity index (χ0) is 13.1. The van der Waals surface area contributed by atoms with Crippen LogP contribution in [0.5, 0.6) is 0 Å². The summed E-state index contributed by atoms with van der Waals surface area (Å²) in [5.74, 6) is -0.749. The van der Waals surface area contributed by atoms with Crippen molar-refractivity contribution < 1.29 is 8.78 Å². The van der Waals surface area contributed by atoms with Crippen LogP contribution in [0.15, 0.2) is 36.4 Å². The smallest absolute Gasteiger partial charge is 0.124 e. The molecular weight excluding hydrogens is 256 g/mol. The lowest BCUT2D eigenvalue weighted by Gasteiger charge is -2.11. The molecule has 1 N–H and O–H groups in total. The third kappa shape index (κ3) is 2.68. The van der Waals surface area contributed by atoms with Gasteiger partial charge in [-0.15, -0.1) is 0 Å². The van der Waals surface area contributed by atoms with Crippen LogP contribution in [-0.4, -0.2) is 7.05 Å². The summed E-state index contributed by atoms with van der Waals surface area (Å²) in [5.41, 5.74) is 2.21. The van der Waals surface area contributed by atoms with Crippen molar-refractivity contribution >= 4 is 11.6 Å². The van der Waals surface area contributed by atoms with Gasteiger partial charge in [0.15, 0.2) is 0 Å². The van der Waals surface area contributed by atoms with Crippen LogP contribution in [0.3, 0.4) is 0 Å². The van der Waals surface area contributed by atoms with Gasteiger partial charge in [-0.25, -0.2) is 8.78 Å². The number of rotatable bonds is 3. The maximum atomic E-state index is 13.3. The predicted octanol–water partition coefficient (Wildman–Crippen LogP) is 4.00. The maximum absolute atomic E-state index is 13.3. The molecule has 0 saturated carbocycles. The largest absolute Gasteiger partial charge is 0.316 e. The Labute approximate surface area is 109 Å². The fourth-order valence-electron chi connectivity index (χ4n) is 1.85. The van der Waals surface area contributed by atoms with E-state index in [0.717, 1.165) is 5.56 Å². The average Bonchev–Trinajstić information content (AvgIpc) is 2.32. The van der Waals surface area contributed by atoms with Gasteiger partial charge in [0.1, 0.15) is 11.6 Å². The number of hydrogen-bond acceptors (Lipinski definition) is 1. The summed E-state index contributed by atoms with van der Waals surface area (Å²) in [6, 6.07) is 8.60. The Bertz CT molecular complexity index is 570. The zero-order valence-corrected chi connectivity index (χ0v) is 10.6. The van der Waals surface area contributed by atoms with Crippen LogP contribution >= 0.6 is 11.6 Å². The van der Waals surface area contributed by atoms with Crippen molar-refractivity contribution in [3.63, 3.8) is 0 Å². The first-order chi connectivity index (χ1) is 8.61. The molecule has 0 spiro atoms. The quantitative estimate of drug-likeness (QED) is 0.886. The fraction of sp³-hybridized carbons (Fsp3) is 0.143. The van der Waals surface area contributed by atoms with Crippen LogP contribution in [0.4, 0.5) is 8.78 Å². The van der Waals surface area contributed by atoms with Gasteiger partial charge in [-0.3, -0.25) is 0 Å². The lowest BCUT2D eigenvalue weighted by Crippen LogP contribution is -2.06. The number of benzene rings is 2. The second kappa shape index (κ2) is 5.46. The molecule has 94 valence electrons. The Kier molecular flexibility index (Phi) is 3.94. The van der Waals surface area contributed by atoms with Gasteiger partial charge in [-0.2, -0.15) is 0 Å².